The number of aromatic nitrogens is 2. The second-order valence-corrected chi connectivity index (χ2v) is 14.1. The van der Waals surface area contributed by atoms with E-state index in [0.29, 0.717) is 50.5 Å². The topological polar surface area (TPSA) is 113 Å². The van der Waals surface area contributed by atoms with Crippen LogP contribution in [0.2, 0.25) is 0 Å². The number of aryl methyl sites for hydroxylation is 1. The van der Waals surface area contributed by atoms with Gasteiger partial charge in [-0.05, 0) is 72.0 Å². The lowest BCUT2D eigenvalue weighted by Gasteiger charge is -2.49. The van der Waals surface area contributed by atoms with E-state index in [9.17, 15) is 9.59 Å². The maximum absolute atomic E-state index is 13.5. The van der Waals surface area contributed by atoms with Crippen LogP contribution >= 0.6 is 0 Å². The van der Waals surface area contributed by atoms with Gasteiger partial charge in [0, 0.05) is 70.2 Å². The normalized spacial score (nSPS) is 19.9. The molecule has 3 aromatic rings. The van der Waals surface area contributed by atoms with Crippen molar-refractivity contribution in [1.29, 1.82) is 0 Å². The van der Waals surface area contributed by atoms with Crippen LogP contribution in [0.5, 0.6) is 11.5 Å². The number of carbonyl (C=O) groups excluding carboxylic acids is 2. The van der Waals surface area contributed by atoms with Gasteiger partial charge in [0.25, 0.3) is 0 Å². The minimum absolute atomic E-state index is 0. The van der Waals surface area contributed by atoms with Crippen LogP contribution in [0.1, 0.15) is 83.7 Å². The molecule has 7 rings (SSSR count). The predicted molar refractivity (Wildman–Crippen MR) is 191 cm³/mol. The average molecular weight is 691 g/mol. The molecule has 11 nitrogen and oxygen atoms in total. The van der Waals surface area contributed by atoms with Crippen molar-refractivity contribution < 1.29 is 33.3 Å². The highest BCUT2D eigenvalue weighted by Gasteiger charge is 2.55. The van der Waals surface area contributed by atoms with Crippen LogP contribution < -0.4 is 14.8 Å². The van der Waals surface area contributed by atoms with Gasteiger partial charge in [-0.1, -0.05) is 31.7 Å². The van der Waals surface area contributed by atoms with Gasteiger partial charge in [0.1, 0.15) is 34.2 Å². The first-order valence-electron chi connectivity index (χ1n) is 17.6. The van der Waals surface area contributed by atoms with Crippen molar-refractivity contribution in [3.05, 3.63) is 65.9 Å². The number of hydrogen-bond donors (Lipinski definition) is 1. The first-order valence-corrected chi connectivity index (χ1v) is 17.6. The Hall–Kier alpha value is -3.93. The number of amides is 1. The third kappa shape index (κ3) is 7.27. The Balaban J connectivity index is 0.000000208. The number of fused-ring (bicyclic) bond motifs is 5. The number of rotatable bonds is 5. The fraction of sp³-hybridized carbons (Fsp3) is 0.564. The molecule has 2 aromatic carbocycles. The van der Waals surface area contributed by atoms with Crippen molar-refractivity contribution in [1.82, 2.24) is 20.0 Å². The molecule has 5 heterocycles. The fourth-order valence-corrected chi connectivity index (χ4v) is 7.51. The molecule has 0 radical (unpaired) electrons. The minimum Gasteiger partial charge on any atom is -0.485 e. The number of nitrogens with zero attached hydrogens (tertiary/aromatic N) is 3. The Morgan fingerprint density at radius 3 is 2.12 bits per heavy atom. The number of para-hydroxylation sites is 2. The largest absolute Gasteiger partial charge is 0.485 e. The third-order valence-corrected chi connectivity index (χ3v) is 9.80. The molecule has 50 heavy (non-hydrogen) atoms. The molecule has 2 fully saturated rings. The molecule has 2 spiro atoms. The Morgan fingerprint density at radius 2 is 1.52 bits per heavy atom. The summed E-state index contributed by atoms with van der Waals surface area (Å²) in [5, 5.41) is 7.87. The first kappa shape index (κ1) is 37.3. The second kappa shape index (κ2) is 15.1. The Labute approximate surface area is 296 Å². The van der Waals surface area contributed by atoms with Crippen molar-refractivity contribution in [2.75, 3.05) is 39.4 Å². The molecular weight excluding hydrogens is 636 g/mol. The molecule has 272 valence electrons. The van der Waals surface area contributed by atoms with E-state index in [1.165, 1.54) is 11.3 Å². The van der Waals surface area contributed by atoms with E-state index >= 15 is 0 Å². The summed E-state index contributed by atoms with van der Waals surface area (Å²) >= 11 is 0. The summed E-state index contributed by atoms with van der Waals surface area (Å²) < 4.78 is 32.1. The number of piperidine rings is 2. The zero-order valence-corrected chi connectivity index (χ0v) is 29.6. The van der Waals surface area contributed by atoms with Crippen molar-refractivity contribution in [2.45, 2.75) is 90.8 Å². The summed E-state index contributed by atoms with van der Waals surface area (Å²) in [5.74, 6) is 0.930. The molecule has 1 aromatic heterocycles. The molecule has 4 aliphatic heterocycles. The molecule has 1 atom stereocenters. The van der Waals surface area contributed by atoms with Crippen LogP contribution in [0.4, 0.5) is 4.79 Å². The van der Waals surface area contributed by atoms with Gasteiger partial charge in [0.15, 0.2) is 12.1 Å². The monoisotopic (exact) mass is 690 g/mol. The number of likely N-dealkylation sites (tertiary alicyclic amines) is 1. The van der Waals surface area contributed by atoms with Gasteiger partial charge in [0.2, 0.25) is 0 Å². The molecule has 11 heteroatoms. The number of carbonyl (C=O) groups is 2. The summed E-state index contributed by atoms with van der Waals surface area (Å²) in [7, 11) is 2.01. The number of nitrogens with one attached hydrogen (secondary N) is 1. The number of hydrogen-bond acceptors (Lipinski definition) is 9. The van der Waals surface area contributed by atoms with Gasteiger partial charge < -0.3 is 33.9 Å². The fourth-order valence-electron chi connectivity index (χ4n) is 7.51. The van der Waals surface area contributed by atoms with E-state index in [4.69, 9.17) is 23.7 Å². The van der Waals surface area contributed by atoms with Gasteiger partial charge in [-0.2, -0.15) is 5.10 Å². The maximum Gasteiger partial charge on any atom is 0.410 e. The van der Waals surface area contributed by atoms with Gasteiger partial charge >= 0.3 is 6.09 Å². The molecule has 1 amide bonds. The lowest BCUT2D eigenvalue weighted by atomic mass is 9.73. The highest BCUT2D eigenvalue weighted by atomic mass is 16.7. The first-order chi connectivity index (χ1) is 23.5. The van der Waals surface area contributed by atoms with Gasteiger partial charge in [-0.25, -0.2) is 4.79 Å². The lowest BCUT2D eigenvalue weighted by Crippen LogP contribution is -2.61. The van der Waals surface area contributed by atoms with Crippen molar-refractivity contribution in [3.8, 4) is 22.8 Å². The van der Waals surface area contributed by atoms with E-state index in [1.54, 1.807) is 11.0 Å². The van der Waals surface area contributed by atoms with Crippen LogP contribution in [0.3, 0.4) is 0 Å². The summed E-state index contributed by atoms with van der Waals surface area (Å²) in [6.07, 6.45) is 3.93. The molecule has 1 unspecified atom stereocenters. The smallest absolute Gasteiger partial charge is 0.410 e. The van der Waals surface area contributed by atoms with E-state index in [2.05, 4.69) is 28.6 Å². The van der Waals surface area contributed by atoms with Crippen LogP contribution in [-0.2, 0) is 26.9 Å². The third-order valence-electron chi connectivity index (χ3n) is 9.80. The molecular formula is C39H54N4O7. The average Bonchev–Trinajstić information content (AvgIpc) is 3.48. The van der Waals surface area contributed by atoms with Gasteiger partial charge in [-0.3, -0.25) is 9.48 Å². The van der Waals surface area contributed by atoms with Crippen LogP contribution in [0.25, 0.3) is 11.3 Å². The van der Waals surface area contributed by atoms with Crippen LogP contribution in [0, 0.1) is 5.92 Å². The summed E-state index contributed by atoms with van der Waals surface area (Å²) in [6, 6.07) is 15.6. The molecule has 4 aliphatic rings. The maximum atomic E-state index is 13.5. The Bertz CT molecular complexity index is 1630. The number of ketones is 1. The standard InChI is InChI=1S/C23H33NO6.C15H17N3O.CH4/c1-6-27-20(28-7-2)18-19(25)16-10-8-9-11-17(16)29-23(18)12-14-24(15-13-23)21(26)30-22(3,4)5;1-18-14-11-4-2-3-5-13(11)19-15(12(14)10-17-18)6-8-16-9-7-15;/h8-11,18,20H,6-7,12-15H2,1-5H3;2-5,10,16H,6-9H2,1H3;1H4. The number of benzene rings is 2. The molecule has 0 bridgehead atoms. The van der Waals surface area contributed by atoms with Crippen molar-refractivity contribution in [2.24, 2.45) is 13.0 Å². The van der Waals surface area contributed by atoms with E-state index in [0.717, 1.165) is 37.2 Å². The zero-order chi connectivity index (χ0) is 34.8. The van der Waals surface area contributed by atoms with Gasteiger partial charge in [0.05, 0.1) is 17.5 Å². The second-order valence-electron chi connectivity index (χ2n) is 14.1. The van der Waals surface area contributed by atoms with Gasteiger partial charge in [-0.15, -0.1) is 0 Å². The summed E-state index contributed by atoms with van der Waals surface area (Å²) in [6.45, 7) is 13.0. The van der Waals surface area contributed by atoms with Crippen LogP contribution in [0.15, 0.2) is 54.7 Å². The quantitative estimate of drug-likeness (QED) is 0.291. The SMILES string of the molecule is C.CCOC(OCC)C1C(=O)c2ccccc2OC12CCN(C(=O)OC(C)(C)C)CC2.Cn1ncc2c1-c1ccccc1OC21CCNCC1. The summed E-state index contributed by atoms with van der Waals surface area (Å²) in [4.78, 5) is 27.7. The number of ether oxygens (including phenoxy) is 5. The number of Topliss-reactive ketones (excluding diaryl/α,β-unsaturated/α-hetero) is 1. The minimum atomic E-state index is -0.793. The Kier molecular flexibility index (Phi) is 11.3. The highest BCUT2D eigenvalue weighted by molar-refractivity contribution is 6.02. The van der Waals surface area contributed by atoms with E-state index in [-0.39, 0.29) is 24.9 Å². The highest BCUT2D eigenvalue weighted by Crippen LogP contribution is 2.49. The van der Waals surface area contributed by atoms with Crippen molar-refractivity contribution >= 4 is 11.9 Å². The van der Waals surface area contributed by atoms with Crippen molar-refractivity contribution in [3.63, 3.8) is 0 Å². The molecule has 1 N–H and O–H groups in total. The van der Waals surface area contributed by atoms with E-state index < -0.39 is 23.4 Å². The summed E-state index contributed by atoms with van der Waals surface area (Å²) in [5.41, 5.74) is 2.62. The predicted octanol–water partition coefficient (Wildman–Crippen LogP) is 6.74. The van der Waals surface area contributed by atoms with Crippen LogP contribution in [-0.4, -0.2) is 83.4 Å². The zero-order valence-electron chi connectivity index (χ0n) is 29.6. The molecule has 0 aliphatic carbocycles. The lowest BCUT2D eigenvalue weighted by molar-refractivity contribution is -0.198. The molecule has 2 saturated heterocycles. The van der Waals surface area contributed by atoms with E-state index in [1.807, 2.05) is 76.8 Å². The Morgan fingerprint density at radius 1 is 0.940 bits per heavy atom. The molecule has 0 saturated carbocycles.